The molecule has 3 aromatic rings. The smallest absolute Gasteiger partial charge is 0.149 e. The fourth-order valence-electron chi connectivity index (χ4n) is 2.77. The van der Waals surface area contributed by atoms with Crippen molar-refractivity contribution in [3.8, 4) is 0 Å². The van der Waals surface area contributed by atoms with E-state index in [9.17, 15) is 4.39 Å². The van der Waals surface area contributed by atoms with Crippen LogP contribution in [-0.2, 0) is 0 Å². The van der Waals surface area contributed by atoms with Gasteiger partial charge in [0.15, 0.2) is 0 Å². The summed E-state index contributed by atoms with van der Waals surface area (Å²) in [6.45, 7) is 2.74. The highest BCUT2D eigenvalue weighted by molar-refractivity contribution is 5.89. The molecule has 1 heterocycles. The van der Waals surface area contributed by atoms with E-state index in [4.69, 9.17) is 0 Å². The molecule has 0 spiro atoms. The van der Waals surface area contributed by atoms with Crippen LogP contribution in [0.15, 0.2) is 48.8 Å². The molecule has 0 aliphatic carbocycles. The van der Waals surface area contributed by atoms with Crippen LogP contribution in [0.3, 0.4) is 0 Å². The lowest BCUT2D eigenvalue weighted by atomic mass is 10.0. The molecule has 124 valence electrons. The second-order valence-electron chi connectivity index (χ2n) is 6.13. The highest BCUT2D eigenvalue weighted by atomic mass is 19.1. The summed E-state index contributed by atoms with van der Waals surface area (Å²) in [5.41, 5.74) is 2.80. The SMILES string of the molecule is Cc1ccc(C(CNc2ncnc3c(F)cccc23)N(C)C)cc1. The molecule has 0 amide bonds. The Hall–Kier alpha value is -2.53. The average molecular weight is 324 g/mol. The van der Waals surface area contributed by atoms with E-state index in [1.54, 1.807) is 6.07 Å². The number of aromatic nitrogens is 2. The second kappa shape index (κ2) is 6.93. The maximum atomic E-state index is 13.9. The van der Waals surface area contributed by atoms with Crippen LogP contribution in [0.4, 0.5) is 10.2 Å². The number of nitrogens with zero attached hydrogens (tertiary/aromatic N) is 3. The lowest BCUT2D eigenvalue weighted by Crippen LogP contribution is -2.27. The first-order valence-electron chi connectivity index (χ1n) is 7.92. The molecule has 1 atom stereocenters. The van der Waals surface area contributed by atoms with Crippen molar-refractivity contribution in [2.45, 2.75) is 13.0 Å². The van der Waals surface area contributed by atoms with Gasteiger partial charge in [-0.1, -0.05) is 35.9 Å². The Morgan fingerprint density at radius 1 is 1.08 bits per heavy atom. The lowest BCUT2D eigenvalue weighted by molar-refractivity contribution is 0.311. The maximum absolute atomic E-state index is 13.9. The van der Waals surface area contributed by atoms with Gasteiger partial charge in [-0.3, -0.25) is 0 Å². The van der Waals surface area contributed by atoms with Gasteiger partial charge in [-0.25, -0.2) is 14.4 Å². The summed E-state index contributed by atoms with van der Waals surface area (Å²) in [5.74, 6) is 0.319. The van der Waals surface area contributed by atoms with Crippen molar-refractivity contribution in [1.29, 1.82) is 0 Å². The van der Waals surface area contributed by atoms with Crippen molar-refractivity contribution in [1.82, 2.24) is 14.9 Å². The van der Waals surface area contributed by atoms with Gasteiger partial charge in [0, 0.05) is 11.9 Å². The minimum atomic E-state index is -0.333. The summed E-state index contributed by atoms with van der Waals surface area (Å²) in [6.07, 6.45) is 1.39. The van der Waals surface area contributed by atoms with Crippen molar-refractivity contribution in [2.75, 3.05) is 26.0 Å². The molecule has 5 heteroatoms. The van der Waals surface area contributed by atoms with E-state index in [0.717, 1.165) is 0 Å². The van der Waals surface area contributed by atoms with Gasteiger partial charge in [-0.2, -0.15) is 0 Å². The quantitative estimate of drug-likeness (QED) is 0.775. The summed E-state index contributed by atoms with van der Waals surface area (Å²) in [4.78, 5) is 10.5. The normalized spacial score (nSPS) is 12.5. The summed E-state index contributed by atoms with van der Waals surface area (Å²) in [6, 6.07) is 13.6. The van der Waals surface area contributed by atoms with Crippen molar-refractivity contribution < 1.29 is 4.39 Å². The maximum Gasteiger partial charge on any atom is 0.149 e. The third-order valence-electron chi connectivity index (χ3n) is 4.16. The van der Waals surface area contributed by atoms with E-state index in [-0.39, 0.29) is 11.9 Å². The minimum Gasteiger partial charge on any atom is -0.368 e. The highest BCUT2D eigenvalue weighted by Crippen LogP contribution is 2.24. The molecule has 0 radical (unpaired) electrons. The van der Waals surface area contributed by atoms with Crippen LogP contribution in [0.25, 0.3) is 10.9 Å². The number of para-hydroxylation sites is 1. The Kier molecular flexibility index (Phi) is 4.71. The van der Waals surface area contributed by atoms with E-state index in [2.05, 4.69) is 51.4 Å². The largest absolute Gasteiger partial charge is 0.368 e. The van der Waals surface area contributed by atoms with Gasteiger partial charge >= 0.3 is 0 Å². The van der Waals surface area contributed by atoms with Crippen LogP contribution >= 0.6 is 0 Å². The summed E-state index contributed by atoms with van der Waals surface area (Å²) in [5, 5.41) is 4.04. The molecule has 24 heavy (non-hydrogen) atoms. The number of nitrogens with one attached hydrogen (secondary N) is 1. The monoisotopic (exact) mass is 324 g/mol. The number of likely N-dealkylation sites (N-methyl/N-ethyl adjacent to an activating group) is 1. The molecule has 2 aromatic carbocycles. The fraction of sp³-hybridized carbons (Fsp3) is 0.263. The van der Waals surface area contributed by atoms with Crippen LogP contribution in [0, 0.1) is 12.7 Å². The zero-order valence-electron chi connectivity index (χ0n) is 14.1. The number of benzene rings is 2. The minimum absolute atomic E-state index is 0.184. The molecule has 1 aromatic heterocycles. The van der Waals surface area contributed by atoms with Gasteiger partial charge in [-0.15, -0.1) is 0 Å². The Labute approximate surface area is 141 Å². The zero-order chi connectivity index (χ0) is 17.1. The van der Waals surface area contributed by atoms with Crippen LogP contribution in [0.2, 0.25) is 0 Å². The topological polar surface area (TPSA) is 41.1 Å². The summed E-state index contributed by atoms with van der Waals surface area (Å²) >= 11 is 0. The van der Waals surface area contributed by atoms with Crippen molar-refractivity contribution >= 4 is 16.7 Å². The summed E-state index contributed by atoms with van der Waals surface area (Å²) in [7, 11) is 4.09. The van der Waals surface area contributed by atoms with Crippen LogP contribution < -0.4 is 5.32 Å². The molecule has 0 bridgehead atoms. The van der Waals surface area contributed by atoms with E-state index < -0.39 is 0 Å². The zero-order valence-corrected chi connectivity index (χ0v) is 14.1. The molecular weight excluding hydrogens is 303 g/mol. The number of anilines is 1. The molecule has 0 aliphatic heterocycles. The van der Waals surface area contributed by atoms with Crippen LogP contribution in [0.1, 0.15) is 17.2 Å². The lowest BCUT2D eigenvalue weighted by Gasteiger charge is -2.25. The van der Waals surface area contributed by atoms with Gasteiger partial charge in [-0.05, 0) is 38.7 Å². The Morgan fingerprint density at radius 3 is 2.54 bits per heavy atom. The number of halogens is 1. The van der Waals surface area contributed by atoms with Crippen molar-refractivity contribution in [2.24, 2.45) is 0 Å². The summed E-state index contributed by atoms with van der Waals surface area (Å²) < 4.78 is 13.9. The third kappa shape index (κ3) is 3.36. The Morgan fingerprint density at radius 2 is 1.83 bits per heavy atom. The first-order chi connectivity index (χ1) is 11.6. The molecule has 0 saturated carbocycles. The Bertz CT molecular complexity index is 830. The molecule has 0 aliphatic rings. The number of fused-ring (bicyclic) bond motifs is 1. The standard InChI is InChI=1S/C19H21FN4/c1-13-7-9-14(10-8-13)17(24(2)3)11-21-19-15-5-4-6-16(20)18(15)22-12-23-19/h4-10,12,17H,11H2,1-3H3,(H,21,22,23). The van der Waals surface area contributed by atoms with Gasteiger partial charge in [0.25, 0.3) is 0 Å². The number of rotatable bonds is 5. The first-order valence-corrected chi connectivity index (χ1v) is 7.92. The van der Waals surface area contributed by atoms with E-state index in [1.165, 1.54) is 23.5 Å². The Balaban J connectivity index is 1.85. The van der Waals surface area contributed by atoms with Crippen molar-refractivity contribution in [3.63, 3.8) is 0 Å². The van der Waals surface area contributed by atoms with Crippen molar-refractivity contribution in [3.05, 3.63) is 65.7 Å². The molecular formula is C19H21FN4. The van der Waals surface area contributed by atoms with Gasteiger partial charge in [0.1, 0.15) is 23.5 Å². The van der Waals surface area contributed by atoms with Crippen LogP contribution in [0.5, 0.6) is 0 Å². The molecule has 4 nitrogen and oxygen atoms in total. The predicted octanol–water partition coefficient (Wildman–Crippen LogP) is 3.79. The van der Waals surface area contributed by atoms with Gasteiger partial charge < -0.3 is 10.2 Å². The predicted molar refractivity (Wildman–Crippen MR) is 95.6 cm³/mol. The van der Waals surface area contributed by atoms with Gasteiger partial charge in [0.05, 0.1) is 6.04 Å². The molecule has 0 fully saturated rings. The van der Waals surface area contributed by atoms with E-state index in [1.807, 2.05) is 20.2 Å². The van der Waals surface area contributed by atoms with Crippen LogP contribution in [-0.4, -0.2) is 35.5 Å². The van der Waals surface area contributed by atoms with E-state index >= 15 is 0 Å². The number of aryl methyl sites for hydroxylation is 1. The van der Waals surface area contributed by atoms with E-state index in [0.29, 0.717) is 23.3 Å². The molecule has 0 saturated heterocycles. The third-order valence-corrected chi connectivity index (χ3v) is 4.16. The average Bonchev–Trinajstić information content (AvgIpc) is 2.57. The fourth-order valence-corrected chi connectivity index (χ4v) is 2.77. The number of hydrogen-bond acceptors (Lipinski definition) is 4. The molecule has 1 unspecified atom stereocenters. The molecule has 1 N–H and O–H groups in total. The highest BCUT2D eigenvalue weighted by Gasteiger charge is 2.15. The molecule has 3 rings (SSSR count). The number of hydrogen-bond donors (Lipinski definition) is 1. The first kappa shape index (κ1) is 16.3. The second-order valence-corrected chi connectivity index (χ2v) is 6.13. The van der Waals surface area contributed by atoms with Gasteiger partial charge in [0.2, 0.25) is 0 Å².